The fraction of sp³-hybridized carbons (Fsp3) is 0.308. The van der Waals surface area contributed by atoms with Crippen molar-refractivity contribution < 1.29 is 28.2 Å². The van der Waals surface area contributed by atoms with E-state index in [9.17, 15) is 18.8 Å². The van der Waals surface area contributed by atoms with Gasteiger partial charge in [0.15, 0.2) is 17.7 Å². The molecule has 0 saturated carbocycles. The molecule has 0 fully saturated rings. The predicted octanol–water partition coefficient (Wildman–Crippen LogP) is 0.835. The molecule has 8 heteroatoms. The first-order valence-corrected chi connectivity index (χ1v) is 5.96. The maximum Gasteiger partial charge on any atom is 0.339 e. The number of halogens is 1. The van der Waals surface area contributed by atoms with Gasteiger partial charge in [-0.05, 0) is 25.1 Å². The lowest BCUT2D eigenvalue weighted by Gasteiger charge is -2.13. The van der Waals surface area contributed by atoms with Crippen molar-refractivity contribution in [2.24, 2.45) is 0 Å². The van der Waals surface area contributed by atoms with Gasteiger partial charge in [-0.25, -0.2) is 14.0 Å². The summed E-state index contributed by atoms with van der Waals surface area (Å²) in [7, 11) is 2.63. The molecule has 114 valence electrons. The summed E-state index contributed by atoms with van der Waals surface area (Å²) < 4.78 is 23.0. The van der Waals surface area contributed by atoms with Crippen molar-refractivity contribution in [2.75, 3.05) is 14.2 Å². The van der Waals surface area contributed by atoms with Crippen LogP contribution in [0.3, 0.4) is 0 Å². The lowest BCUT2D eigenvalue weighted by Crippen LogP contribution is -2.43. The summed E-state index contributed by atoms with van der Waals surface area (Å²) in [6, 6.07) is 2.78. The van der Waals surface area contributed by atoms with Gasteiger partial charge in [0.25, 0.3) is 5.91 Å². The van der Waals surface area contributed by atoms with Crippen molar-refractivity contribution >= 4 is 17.9 Å². The largest absolute Gasteiger partial charge is 0.494 e. The molecular weight excluding hydrogens is 283 g/mol. The molecule has 2 N–H and O–H groups in total. The number of carbonyl (C=O) groups excluding carboxylic acids is 3. The van der Waals surface area contributed by atoms with E-state index in [4.69, 9.17) is 9.47 Å². The van der Waals surface area contributed by atoms with Crippen LogP contribution in [0.5, 0.6) is 5.75 Å². The van der Waals surface area contributed by atoms with E-state index < -0.39 is 29.8 Å². The number of rotatable bonds is 4. The number of esters is 1. The number of urea groups is 1. The number of amides is 3. The third kappa shape index (κ3) is 4.44. The first kappa shape index (κ1) is 16.4. The maximum atomic E-state index is 13.5. The highest BCUT2D eigenvalue weighted by molar-refractivity contribution is 5.98. The van der Waals surface area contributed by atoms with Crippen LogP contribution in [0.25, 0.3) is 0 Å². The number of benzene rings is 1. The van der Waals surface area contributed by atoms with Crippen molar-refractivity contribution in [1.29, 1.82) is 0 Å². The van der Waals surface area contributed by atoms with Crippen LogP contribution in [0.4, 0.5) is 9.18 Å². The smallest absolute Gasteiger partial charge is 0.339 e. The Kier molecular flexibility index (Phi) is 5.65. The van der Waals surface area contributed by atoms with Gasteiger partial charge >= 0.3 is 12.0 Å². The predicted molar refractivity (Wildman–Crippen MR) is 70.4 cm³/mol. The molecule has 3 amide bonds. The van der Waals surface area contributed by atoms with E-state index in [1.165, 1.54) is 33.2 Å². The molecule has 1 rings (SSSR count). The molecular formula is C13H15FN2O5. The lowest BCUT2D eigenvalue weighted by molar-refractivity contribution is -0.127. The molecule has 0 aromatic heterocycles. The van der Waals surface area contributed by atoms with Crippen molar-refractivity contribution in [3.63, 3.8) is 0 Å². The van der Waals surface area contributed by atoms with Gasteiger partial charge in [-0.15, -0.1) is 0 Å². The highest BCUT2D eigenvalue weighted by Gasteiger charge is 2.21. The van der Waals surface area contributed by atoms with Gasteiger partial charge in [0.1, 0.15) is 0 Å². The highest BCUT2D eigenvalue weighted by atomic mass is 19.1. The zero-order valence-corrected chi connectivity index (χ0v) is 11.7. The Morgan fingerprint density at radius 3 is 2.48 bits per heavy atom. The minimum absolute atomic E-state index is 0.0167. The number of ether oxygens (including phenoxy) is 2. The van der Waals surface area contributed by atoms with E-state index in [1.54, 1.807) is 0 Å². The first-order valence-electron chi connectivity index (χ1n) is 5.96. The van der Waals surface area contributed by atoms with E-state index in [0.717, 1.165) is 6.07 Å². The molecule has 0 radical (unpaired) electrons. The molecule has 21 heavy (non-hydrogen) atoms. The second kappa shape index (κ2) is 7.22. The minimum atomic E-state index is -1.21. The second-order valence-corrected chi connectivity index (χ2v) is 3.97. The number of hydrogen-bond donors (Lipinski definition) is 2. The fourth-order valence-electron chi connectivity index (χ4n) is 1.35. The molecule has 0 spiro atoms. The van der Waals surface area contributed by atoms with Gasteiger partial charge in [0.05, 0.1) is 12.7 Å². The van der Waals surface area contributed by atoms with Crippen LogP contribution >= 0.6 is 0 Å². The fourth-order valence-corrected chi connectivity index (χ4v) is 1.35. The Morgan fingerprint density at radius 2 is 1.95 bits per heavy atom. The van der Waals surface area contributed by atoms with Gasteiger partial charge < -0.3 is 14.8 Å². The maximum absolute atomic E-state index is 13.5. The molecule has 1 aromatic carbocycles. The molecule has 0 aliphatic heterocycles. The van der Waals surface area contributed by atoms with E-state index in [-0.39, 0.29) is 11.3 Å². The summed E-state index contributed by atoms with van der Waals surface area (Å²) in [6.45, 7) is 1.29. The molecule has 1 atom stereocenters. The molecule has 0 saturated heterocycles. The monoisotopic (exact) mass is 298 g/mol. The zero-order chi connectivity index (χ0) is 16.0. The third-order valence-electron chi connectivity index (χ3n) is 2.50. The van der Waals surface area contributed by atoms with Gasteiger partial charge in [-0.2, -0.15) is 0 Å². The summed E-state index contributed by atoms with van der Waals surface area (Å²) in [5, 5.41) is 4.14. The summed E-state index contributed by atoms with van der Waals surface area (Å²) >= 11 is 0. The molecule has 0 unspecified atom stereocenters. The standard InChI is InChI=1S/C13H15FN2O5/c1-7(11(17)16-13(19)15-2)21-12(18)8-4-5-10(20-3)9(14)6-8/h4-7H,1-3H3,(H2,15,16,17,19)/t7-/m1/s1. The zero-order valence-electron chi connectivity index (χ0n) is 11.7. The Bertz CT molecular complexity index is 561. The van der Waals surface area contributed by atoms with Gasteiger partial charge in [0.2, 0.25) is 0 Å². The Morgan fingerprint density at radius 1 is 1.29 bits per heavy atom. The number of imide groups is 1. The molecule has 1 aromatic rings. The third-order valence-corrected chi connectivity index (χ3v) is 2.50. The van der Waals surface area contributed by atoms with Crippen molar-refractivity contribution in [1.82, 2.24) is 10.6 Å². The highest BCUT2D eigenvalue weighted by Crippen LogP contribution is 2.18. The average molecular weight is 298 g/mol. The topological polar surface area (TPSA) is 93.7 Å². The summed E-state index contributed by atoms with van der Waals surface area (Å²) in [5.74, 6) is -2.43. The number of methoxy groups -OCH3 is 1. The number of nitrogens with one attached hydrogen (secondary N) is 2. The summed E-state index contributed by atoms with van der Waals surface area (Å²) in [5.41, 5.74) is -0.0760. The van der Waals surface area contributed by atoms with Crippen LogP contribution < -0.4 is 15.4 Å². The number of carbonyl (C=O) groups is 3. The Hall–Kier alpha value is -2.64. The van der Waals surface area contributed by atoms with Crippen LogP contribution in [0.2, 0.25) is 0 Å². The molecule has 7 nitrogen and oxygen atoms in total. The van der Waals surface area contributed by atoms with Crippen molar-refractivity contribution in [3.05, 3.63) is 29.6 Å². The van der Waals surface area contributed by atoms with Crippen molar-refractivity contribution in [2.45, 2.75) is 13.0 Å². The van der Waals surface area contributed by atoms with Crippen LogP contribution in [0, 0.1) is 5.82 Å². The first-order chi connectivity index (χ1) is 9.88. The lowest BCUT2D eigenvalue weighted by atomic mass is 10.2. The SMILES string of the molecule is CNC(=O)NC(=O)[C@@H](C)OC(=O)c1ccc(OC)c(F)c1. The number of hydrogen-bond acceptors (Lipinski definition) is 5. The van der Waals surface area contributed by atoms with E-state index in [2.05, 4.69) is 5.32 Å². The molecule has 0 aliphatic carbocycles. The van der Waals surface area contributed by atoms with Crippen LogP contribution in [-0.4, -0.2) is 38.2 Å². The summed E-state index contributed by atoms with van der Waals surface area (Å²) in [4.78, 5) is 34.2. The normalized spacial score (nSPS) is 11.2. The van der Waals surface area contributed by atoms with Gasteiger partial charge in [-0.3, -0.25) is 10.1 Å². The van der Waals surface area contributed by atoms with Crippen LogP contribution in [0.15, 0.2) is 18.2 Å². The average Bonchev–Trinajstić information content (AvgIpc) is 2.46. The second-order valence-electron chi connectivity index (χ2n) is 3.97. The molecule has 0 aliphatic rings. The quantitative estimate of drug-likeness (QED) is 0.803. The Labute approximate surface area is 120 Å². The van der Waals surface area contributed by atoms with Gasteiger partial charge in [-0.1, -0.05) is 0 Å². The molecule has 0 heterocycles. The van der Waals surface area contributed by atoms with Gasteiger partial charge in [0, 0.05) is 7.05 Å². The van der Waals surface area contributed by atoms with E-state index in [1.807, 2.05) is 5.32 Å². The minimum Gasteiger partial charge on any atom is -0.494 e. The molecule has 0 bridgehead atoms. The van der Waals surface area contributed by atoms with Crippen LogP contribution in [-0.2, 0) is 9.53 Å². The van der Waals surface area contributed by atoms with E-state index >= 15 is 0 Å². The Balaban J connectivity index is 2.70. The van der Waals surface area contributed by atoms with Crippen molar-refractivity contribution in [3.8, 4) is 5.75 Å². The van der Waals surface area contributed by atoms with Crippen LogP contribution in [0.1, 0.15) is 17.3 Å². The van der Waals surface area contributed by atoms with E-state index in [0.29, 0.717) is 0 Å². The summed E-state index contributed by atoms with van der Waals surface area (Å²) in [6.07, 6.45) is -1.21.